The van der Waals surface area contributed by atoms with E-state index in [1.807, 2.05) is 13.8 Å². The van der Waals surface area contributed by atoms with Crippen LogP contribution in [0.15, 0.2) is 0 Å². The van der Waals surface area contributed by atoms with Crippen LogP contribution in [0.2, 0.25) is 0 Å². The number of hydrogen-bond donors (Lipinski definition) is 3. The summed E-state index contributed by atoms with van der Waals surface area (Å²) in [6.45, 7) is 4.74. The van der Waals surface area contributed by atoms with Crippen molar-refractivity contribution in [2.24, 2.45) is 11.8 Å². The highest BCUT2D eigenvalue weighted by atomic mass is 16.4. The van der Waals surface area contributed by atoms with Gasteiger partial charge in [-0.15, -0.1) is 0 Å². The fourth-order valence-electron chi connectivity index (χ4n) is 2.02. The average Bonchev–Trinajstić information content (AvgIpc) is 2.27. The lowest BCUT2D eigenvalue weighted by molar-refractivity contribution is -0.142. The minimum atomic E-state index is -0.715. The van der Waals surface area contributed by atoms with Gasteiger partial charge in [-0.25, -0.2) is 4.79 Å². The second-order valence-electron chi connectivity index (χ2n) is 5.13. The Hall–Kier alpha value is -1.26. The first kappa shape index (κ1) is 13.8. The summed E-state index contributed by atoms with van der Waals surface area (Å²) in [6.07, 6.45) is 2.83. The Kier molecular flexibility index (Phi) is 5.25. The molecule has 0 heterocycles. The number of amides is 2. The first-order chi connectivity index (χ1) is 7.99. The van der Waals surface area contributed by atoms with Gasteiger partial charge in [-0.3, -0.25) is 4.79 Å². The molecule has 5 nitrogen and oxygen atoms in total. The van der Waals surface area contributed by atoms with Gasteiger partial charge in [-0.2, -0.15) is 0 Å². The van der Waals surface area contributed by atoms with Crippen LogP contribution in [0.25, 0.3) is 0 Å². The van der Waals surface area contributed by atoms with Crippen molar-refractivity contribution in [2.75, 3.05) is 6.54 Å². The van der Waals surface area contributed by atoms with Crippen molar-refractivity contribution >= 4 is 12.0 Å². The Morgan fingerprint density at radius 2 is 1.82 bits per heavy atom. The molecule has 2 amide bonds. The Labute approximate surface area is 102 Å². The van der Waals surface area contributed by atoms with Gasteiger partial charge in [0, 0.05) is 12.6 Å². The van der Waals surface area contributed by atoms with E-state index in [2.05, 4.69) is 10.6 Å². The molecule has 3 N–H and O–H groups in total. The van der Waals surface area contributed by atoms with E-state index < -0.39 is 5.97 Å². The van der Waals surface area contributed by atoms with Gasteiger partial charge in [0.1, 0.15) is 0 Å². The molecule has 0 aromatic carbocycles. The molecule has 0 bridgehead atoms. The maximum absolute atomic E-state index is 11.5. The van der Waals surface area contributed by atoms with E-state index in [4.69, 9.17) is 5.11 Å². The summed E-state index contributed by atoms with van der Waals surface area (Å²) in [7, 11) is 0. The summed E-state index contributed by atoms with van der Waals surface area (Å²) >= 11 is 0. The van der Waals surface area contributed by atoms with Crippen LogP contribution in [0.4, 0.5) is 4.79 Å². The molecule has 0 saturated heterocycles. The standard InChI is InChI=1S/C12H22N2O3/c1-8(2)7-13-12(17)14-10-5-3-9(4-6-10)11(15)16/h8-10H,3-7H2,1-2H3,(H,15,16)(H2,13,14,17). The zero-order chi connectivity index (χ0) is 12.8. The molecule has 0 spiro atoms. The molecule has 1 saturated carbocycles. The lowest BCUT2D eigenvalue weighted by Crippen LogP contribution is -2.45. The van der Waals surface area contributed by atoms with E-state index in [0.29, 0.717) is 25.3 Å². The van der Waals surface area contributed by atoms with Crippen LogP contribution in [0.5, 0.6) is 0 Å². The molecule has 0 aromatic rings. The number of nitrogens with one attached hydrogen (secondary N) is 2. The molecular formula is C12H22N2O3. The average molecular weight is 242 g/mol. The van der Waals surface area contributed by atoms with Crippen molar-refractivity contribution in [3.63, 3.8) is 0 Å². The van der Waals surface area contributed by atoms with E-state index in [-0.39, 0.29) is 18.0 Å². The summed E-state index contributed by atoms with van der Waals surface area (Å²) in [4.78, 5) is 22.3. The van der Waals surface area contributed by atoms with Crippen molar-refractivity contribution in [1.82, 2.24) is 10.6 Å². The van der Waals surface area contributed by atoms with Crippen molar-refractivity contribution in [3.8, 4) is 0 Å². The number of hydrogen-bond acceptors (Lipinski definition) is 2. The molecule has 0 atom stereocenters. The van der Waals surface area contributed by atoms with Gasteiger partial charge in [0.25, 0.3) is 0 Å². The lowest BCUT2D eigenvalue weighted by Gasteiger charge is -2.26. The molecule has 98 valence electrons. The SMILES string of the molecule is CC(C)CNC(=O)NC1CCC(C(=O)O)CC1. The molecule has 1 rings (SSSR count). The minimum Gasteiger partial charge on any atom is -0.481 e. The predicted molar refractivity (Wildman–Crippen MR) is 64.8 cm³/mol. The summed E-state index contributed by atoms with van der Waals surface area (Å²) < 4.78 is 0. The number of carboxylic acids is 1. The van der Waals surface area contributed by atoms with Crippen molar-refractivity contribution in [3.05, 3.63) is 0 Å². The zero-order valence-electron chi connectivity index (χ0n) is 10.5. The second kappa shape index (κ2) is 6.47. The molecule has 0 aromatic heterocycles. The maximum Gasteiger partial charge on any atom is 0.315 e. The zero-order valence-corrected chi connectivity index (χ0v) is 10.5. The molecule has 0 aliphatic heterocycles. The van der Waals surface area contributed by atoms with Crippen LogP contribution in [0.1, 0.15) is 39.5 Å². The number of carboxylic acid groups (broad SMARTS) is 1. The summed E-state index contributed by atoms with van der Waals surface area (Å²) in [5.74, 6) is -0.511. The number of carbonyl (C=O) groups excluding carboxylic acids is 1. The molecule has 1 fully saturated rings. The minimum absolute atomic E-state index is 0.123. The third-order valence-electron chi connectivity index (χ3n) is 3.08. The van der Waals surface area contributed by atoms with Gasteiger partial charge >= 0.3 is 12.0 Å². The molecule has 0 unspecified atom stereocenters. The lowest BCUT2D eigenvalue weighted by atomic mass is 9.86. The van der Waals surface area contributed by atoms with Crippen LogP contribution in [-0.2, 0) is 4.79 Å². The fraction of sp³-hybridized carbons (Fsp3) is 0.833. The topological polar surface area (TPSA) is 78.4 Å². The van der Waals surface area contributed by atoms with Gasteiger partial charge in [0.05, 0.1) is 5.92 Å². The Balaban J connectivity index is 2.21. The van der Waals surface area contributed by atoms with Crippen LogP contribution in [0, 0.1) is 11.8 Å². The largest absolute Gasteiger partial charge is 0.481 e. The van der Waals surface area contributed by atoms with Gasteiger partial charge in [-0.1, -0.05) is 13.8 Å². The van der Waals surface area contributed by atoms with Crippen molar-refractivity contribution < 1.29 is 14.7 Å². The fourth-order valence-corrected chi connectivity index (χ4v) is 2.02. The van der Waals surface area contributed by atoms with E-state index in [1.165, 1.54) is 0 Å². The molecule has 5 heteroatoms. The number of urea groups is 1. The second-order valence-corrected chi connectivity index (χ2v) is 5.13. The Morgan fingerprint density at radius 3 is 2.29 bits per heavy atom. The molecular weight excluding hydrogens is 220 g/mol. The number of rotatable bonds is 4. The van der Waals surface area contributed by atoms with E-state index >= 15 is 0 Å². The summed E-state index contributed by atoms with van der Waals surface area (Å²) in [5, 5.41) is 14.5. The number of aliphatic carboxylic acids is 1. The van der Waals surface area contributed by atoms with Gasteiger partial charge in [0.2, 0.25) is 0 Å². The van der Waals surface area contributed by atoms with Gasteiger partial charge in [-0.05, 0) is 31.6 Å². The first-order valence-electron chi connectivity index (χ1n) is 6.26. The Bertz CT molecular complexity index is 271. The highest BCUT2D eigenvalue weighted by Crippen LogP contribution is 2.24. The highest BCUT2D eigenvalue weighted by molar-refractivity contribution is 5.74. The molecule has 1 aliphatic rings. The smallest absolute Gasteiger partial charge is 0.315 e. The van der Waals surface area contributed by atoms with Crippen molar-refractivity contribution in [1.29, 1.82) is 0 Å². The highest BCUT2D eigenvalue weighted by Gasteiger charge is 2.26. The monoisotopic (exact) mass is 242 g/mol. The van der Waals surface area contributed by atoms with E-state index in [9.17, 15) is 9.59 Å². The van der Waals surface area contributed by atoms with E-state index in [0.717, 1.165) is 12.8 Å². The first-order valence-corrected chi connectivity index (χ1v) is 6.26. The number of carbonyl (C=O) groups is 2. The normalized spacial score (nSPS) is 24.4. The summed E-state index contributed by atoms with van der Waals surface area (Å²) in [5.41, 5.74) is 0. The maximum atomic E-state index is 11.5. The van der Waals surface area contributed by atoms with Crippen LogP contribution >= 0.6 is 0 Å². The van der Waals surface area contributed by atoms with Crippen LogP contribution in [0.3, 0.4) is 0 Å². The van der Waals surface area contributed by atoms with Crippen LogP contribution < -0.4 is 10.6 Å². The molecule has 0 radical (unpaired) electrons. The van der Waals surface area contributed by atoms with Crippen molar-refractivity contribution in [2.45, 2.75) is 45.6 Å². The third kappa shape index (κ3) is 5.06. The van der Waals surface area contributed by atoms with Gasteiger partial charge < -0.3 is 15.7 Å². The predicted octanol–water partition coefficient (Wildman–Crippen LogP) is 1.58. The third-order valence-corrected chi connectivity index (χ3v) is 3.08. The van der Waals surface area contributed by atoms with Gasteiger partial charge in [0.15, 0.2) is 0 Å². The quantitative estimate of drug-likeness (QED) is 0.700. The van der Waals surface area contributed by atoms with Crippen LogP contribution in [-0.4, -0.2) is 29.7 Å². The summed E-state index contributed by atoms with van der Waals surface area (Å²) in [6, 6.07) is -0.0183. The molecule has 17 heavy (non-hydrogen) atoms. The molecule has 1 aliphatic carbocycles. The Morgan fingerprint density at radius 1 is 1.24 bits per heavy atom. The van der Waals surface area contributed by atoms with E-state index in [1.54, 1.807) is 0 Å².